The summed E-state index contributed by atoms with van der Waals surface area (Å²) in [7, 11) is 0. The van der Waals surface area contributed by atoms with Crippen molar-refractivity contribution in [2.75, 3.05) is 11.5 Å². The molecular weight excluding hydrogens is 380 g/mol. The quantitative estimate of drug-likeness (QED) is 0.487. The molecule has 0 saturated carbocycles. The van der Waals surface area contributed by atoms with Crippen LogP contribution in [0.4, 0.5) is 0 Å². The number of thioether (sulfide) groups is 2. The minimum absolute atomic E-state index is 0.288. The number of hydrogen-bond acceptors (Lipinski definition) is 8. The van der Waals surface area contributed by atoms with Crippen LogP contribution in [0.1, 0.15) is 17.4 Å². The summed E-state index contributed by atoms with van der Waals surface area (Å²) in [6, 6.07) is 6.22. The van der Waals surface area contributed by atoms with Gasteiger partial charge in [-0.05, 0) is 32.0 Å². The molecule has 0 bridgehead atoms. The van der Waals surface area contributed by atoms with Gasteiger partial charge in [-0.25, -0.2) is 9.50 Å². The number of aryl methyl sites for hydroxylation is 2. The Morgan fingerprint density at radius 2 is 2.04 bits per heavy atom. The first-order chi connectivity index (χ1) is 13.2. The van der Waals surface area contributed by atoms with Crippen LogP contribution >= 0.6 is 23.5 Å². The fourth-order valence-corrected chi connectivity index (χ4v) is 5.27. The van der Waals surface area contributed by atoms with E-state index in [2.05, 4.69) is 34.8 Å². The monoisotopic (exact) mass is 396 g/mol. The normalized spacial score (nSPS) is 16.1. The Morgan fingerprint density at radius 3 is 2.89 bits per heavy atom. The Labute approximate surface area is 163 Å². The Kier molecular flexibility index (Phi) is 4.09. The second kappa shape index (κ2) is 6.61. The van der Waals surface area contributed by atoms with Gasteiger partial charge in [0.25, 0.3) is 5.78 Å². The van der Waals surface area contributed by atoms with E-state index in [1.807, 2.05) is 32.0 Å². The van der Waals surface area contributed by atoms with Crippen LogP contribution in [0.15, 0.2) is 40.9 Å². The van der Waals surface area contributed by atoms with Crippen LogP contribution < -0.4 is 0 Å². The summed E-state index contributed by atoms with van der Waals surface area (Å²) in [6.45, 7) is 3.99. The van der Waals surface area contributed by atoms with Gasteiger partial charge in [0.1, 0.15) is 0 Å². The number of nitrogens with zero attached hydrogens (tertiary/aromatic N) is 8. The first-order valence-electron chi connectivity index (χ1n) is 8.51. The standard InChI is InChI=1S/C17H16N8S2/c1-10-7-11(2)25-15(19-10)20-16(23-25)26-8-13-9-27-17-22-21-14(24(13)17)12-3-5-18-6-4-12/h3-7,13H,8-9H2,1-2H3/t13-/m0/s1. The predicted molar refractivity (Wildman–Crippen MR) is 104 cm³/mol. The van der Waals surface area contributed by atoms with Crippen molar-refractivity contribution in [1.82, 2.24) is 39.3 Å². The maximum atomic E-state index is 4.59. The van der Waals surface area contributed by atoms with E-state index in [-0.39, 0.29) is 6.04 Å². The Hall–Kier alpha value is -2.46. The number of pyridine rings is 1. The third-order valence-electron chi connectivity index (χ3n) is 4.38. The molecule has 0 saturated heterocycles. The lowest BCUT2D eigenvalue weighted by Gasteiger charge is -2.13. The second-order valence-corrected chi connectivity index (χ2v) is 8.31. The number of aromatic nitrogens is 8. The van der Waals surface area contributed by atoms with E-state index in [1.54, 1.807) is 40.4 Å². The minimum atomic E-state index is 0.288. The van der Waals surface area contributed by atoms with Gasteiger partial charge in [0.2, 0.25) is 5.16 Å². The summed E-state index contributed by atoms with van der Waals surface area (Å²) >= 11 is 3.38. The fourth-order valence-electron chi connectivity index (χ4n) is 3.15. The van der Waals surface area contributed by atoms with E-state index in [4.69, 9.17) is 0 Å². The topological polar surface area (TPSA) is 86.7 Å². The van der Waals surface area contributed by atoms with Gasteiger partial charge >= 0.3 is 0 Å². The SMILES string of the molecule is Cc1cc(C)n2nc(SC[C@H]3CSc4nnc(-c5ccncc5)n43)nc2n1. The summed E-state index contributed by atoms with van der Waals surface area (Å²) in [4.78, 5) is 13.1. The third-order valence-corrected chi connectivity index (χ3v) is 6.45. The summed E-state index contributed by atoms with van der Waals surface area (Å²) in [5.41, 5.74) is 3.02. The number of fused-ring (bicyclic) bond motifs is 2. The molecule has 0 radical (unpaired) electrons. The van der Waals surface area contributed by atoms with E-state index in [0.717, 1.165) is 44.6 Å². The van der Waals surface area contributed by atoms with Crippen LogP contribution in [0, 0.1) is 13.8 Å². The van der Waals surface area contributed by atoms with Gasteiger partial charge in [0.05, 0.1) is 6.04 Å². The number of rotatable bonds is 4. The molecule has 4 aromatic rings. The molecule has 0 unspecified atom stereocenters. The summed E-state index contributed by atoms with van der Waals surface area (Å²) < 4.78 is 4.02. The zero-order chi connectivity index (χ0) is 18.4. The van der Waals surface area contributed by atoms with E-state index < -0.39 is 0 Å². The highest BCUT2D eigenvalue weighted by Gasteiger charge is 2.29. The average Bonchev–Trinajstić information content (AvgIpc) is 3.35. The summed E-state index contributed by atoms with van der Waals surface area (Å²) in [6.07, 6.45) is 3.56. The fraction of sp³-hybridized carbons (Fsp3) is 0.294. The van der Waals surface area contributed by atoms with Crippen molar-refractivity contribution in [3.05, 3.63) is 42.0 Å². The highest BCUT2D eigenvalue weighted by atomic mass is 32.2. The van der Waals surface area contributed by atoms with Gasteiger partial charge < -0.3 is 0 Å². The molecule has 136 valence electrons. The number of hydrogen-bond donors (Lipinski definition) is 0. The van der Waals surface area contributed by atoms with Crippen molar-refractivity contribution in [2.45, 2.75) is 30.2 Å². The summed E-state index contributed by atoms with van der Waals surface area (Å²) in [5.74, 6) is 3.36. The van der Waals surface area contributed by atoms with Crippen molar-refractivity contribution in [2.24, 2.45) is 0 Å². The largest absolute Gasteiger partial charge is 0.297 e. The smallest absolute Gasteiger partial charge is 0.253 e. The van der Waals surface area contributed by atoms with Crippen molar-refractivity contribution in [1.29, 1.82) is 0 Å². The molecule has 1 atom stereocenters. The molecular formula is C17H16N8S2. The van der Waals surface area contributed by atoms with E-state index in [9.17, 15) is 0 Å². The van der Waals surface area contributed by atoms with Gasteiger partial charge in [-0.2, -0.15) is 4.98 Å². The van der Waals surface area contributed by atoms with Crippen LogP contribution in [0.25, 0.3) is 17.2 Å². The third kappa shape index (κ3) is 2.98. The lowest BCUT2D eigenvalue weighted by Crippen LogP contribution is -2.11. The molecule has 5 rings (SSSR count). The Bertz CT molecular complexity index is 1120. The van der Waals surface area contributed by atoms with E-state index >= 15 is 0 Å². The van der Waals surface area contributed by atoms with Crippen LogP contribution in [0.2, 0.25) is 0 Å². The maximum Gasteiger partial charge on any atom is 0.253 e. The molecule has 0 aliphatic carbocycles. The molecule has 4 aromatic heterocycles. The Morgan fingerprint density at radius 1 is 1.19 bits per heavy atom. The van der Waals surface area contributed by atoms with Gasteiger partial charge in [-0.3, -0.25) is 9.55 Å². The average molecular weight is 397 g/mol. The first-order valence-corrected chi connectivity index (χ1v) is 10.5. The van der Waals surface area contributed by atoms with Crippen LogP contribution in [-0.4, -0.2) is 50.8 Å². The molecule has 10 heteroatoms. The van der Waals surface area contributed by atoms with Crippen LogP contribution in [-0.2, 0) is 0 Å². The van der Waals surface area contributed by atoms with Crippen LogP contribution in [0.3, 0.4) is 0 Å². The van der Waals surface area contributed by atoms with Crippen molar-refractivity contribution in [3.8, 4) is 11.4 Å². The Balaban J connectivity index is 1.40. The molecule has 27 heavy (non-hydrogen) atoms. The molecule has 8 nitrogen and oxygen atoms in total. The molecule has 0 amide bonds. The van der Waals surface area contributed by atoms with E-state index in [0.29, 0.717) is 5.78 Å². The highest BCUT2D eigenvalue weighted by Crippen LogP contribution is 2.38. The van der Waals surface area contributed by atoms with Crippen molar-refractivity contribution < 1.29 is 0 Å². The van der Waals surface area contributed by atoms with Gasteiger partial charge in [0.15, 0.2) is 11.0 Å². The maximum absolute atomic E-state index is 4.59. The van der Waals surface area contributed by atoms with Crippen LogP contribution in [0.5, 0.6) is 0 Å². The lowest BCUT2D eigenvalue weighted by molar-refractivity contribution is 0.596. The summed E-state index contributed by atoms with van der Waals surface area (Å²) in [5, 5.41) is 15.0. The molecule has 5 heterocycles. The predicted octanol–water partition coefficient (Wildman–Crippen LogP) is 2.83. The molecule has 0 fully saturated rings. The van der Waals surface area contributed by atoms with E-state index in [1.165, 1.54) is 0 Å². The van der Waals surface area contributed by atoms with Crippen molar-refractivity contribution >= 4 is 29.3 Å². The minimum Gasteiger partial charge on any atom is -0.297 e. The van der Waals surface area contributed by atoms with Crippen molar-refractivity contribution in [3.63, 3.8) is 0 Å². The molecule has 0 aromatic carbocycles. The zero-order valence-corrected chi connectivity index (χ0v) is 16.4. The van der Waals surface area contributed by atoms with Gasteiger partial charge in [-0.15, -0.1) is 15.3 Å². The zero-order valence-electron chi connectivity index (χ0n) is 14.8. The molecule has 0 N–H and O–H groups in total. The van der Waals surface area contributed by atoms with Gasteiger partial charge in [-0.1, -0.05) is 23.5 Å². The highest BCUT2D eigenvalue weighted by molar-refractivity contribution is 8.00. The second-order valence-electron chi connectivity index (χ2n) is 6.33. The molecule has 1 aliphatic rings. The van der Waals surface area contributed by atoms with Gasteiger partial charge in [0, 0.05) is 40.9 Å². The molecule has 1 aliphatic heterocycles. The first kappa shape index (κ1) is 16.7. The molecule has 0 spiro atoms. The lowest BCUT2D eigenvalue weighted by atomic mass is 10.2.